The molecule has 13 heteroatoms. The maximum atomic E-state index is 14.7. The number of hydrogen-bond donors (Lipinski definition) is 2. The molecule has 1 atom stereocenters. The minimum atomic E-state index is -4.41. The number of carboxylic acid groups (broad SMARTS) is 1. The van der Waals surface area contributed by atoms with Crippen LogP contribution in [0.4, 0.5) is 14.6 Å². The third-order valence-electron chi connectivity index (χ3n) is 4.35. The summed E-state index contributed by atoms with van der Waals surface area (Å²) in [7, 11) is -8.77. The highest BCUT2D eigenvalue weighted by molar-refractivity contribution is 7.93. The first kappa shape index (κ1) is 24.6. The molecule has 0 aliphatic carbocycles. The first-order valence-corrected chi connectivity index (χ1v) is 12.6. The highest BCUT2D eigenvalue weighted by Crippen LogP contribution is 2.37. The third-order valence-corrected chi connectivity index (χ3v) is 7.83. The summed E-state index contributed by atoms with van der Waals surface area (Å²) in [6.45, 7) is 0. The average Bonchev–Trinajstić information content (AvgIpc) is 2.70. The summed E-state index contributed by atoms with van der Waals surface area (Å²) < 4.78 is 81.4. The van der Waals surface area contributed by atoms with Crippen LogP contribution >= 0.6 is 11.6 Å². The van der Waals surface area contributed by atoms with E-state index in [0.717, 1.165) is 30.5 Å². The molecule has 3 rings (SSSR count). The molecule has 1 unspecified atom stereocenters. The number of anilines is 1. The Morgan fingerprint density at radius 2 is 1.70 bits per heavy atom. The van der Waals surface area contributed by atoms with Crippen molar-refractivity contribution in [3.8, 4) is 0 Å². The van der Waals surface area contributed by atoms with Gasteiger partial charge in [0.05, 0.1) is 4.90 Å². The van der Waals surface area contributed by atoms with Crippen LogP contribution in [0.1, 0.15) is 16.4 Å². The number of halogens is 3. The fourth-order valence-corrected chi connectivity index (χ4v) is 5.79. The van der Waals surface area contributed by atoms with Crippen LogP contribution in [0.2, 0.25) is 5.02 Å². The van der Waals surface area contributed by atoms with Crippen molar-refractivity contribution in [3.63, 3.8) is 0 Å². The van der Waals surface area contributed by atoms with Crippen LogP contribution in [-0.2, 0) is 24.7 Å². The normalized spacial score (nSPS) is 12.8. The maximum Gasteiger partial charge on any atom is 0.320 e. The van der Waals surface area contributed by atoms with Gasteiger partial charge >= 0.3 is 5.97 Å². The van der Waals surface area contributed by atoms with Gasteiger partial charge in [0.25, 0.3) is 0 Å². The Kier molecular flexibility index (Phi) is 7.00. The molecular weight excluding hydrogens is 502 g/mol. The number of pyridine rings is 1. The molecule has 0 aliphatic heterocycles. The molecular formula is C20H15ClF2N2O6S2. The van der Waals surface area contributed by atoms with E-state index in [2.05, 4.69) is 4.98 Å². The van der Waals surface area contributed by atoms with Crippen molar-refractivity contribution in [3.05, 3.63) is 88.6 Å². The average molecular weight is 517 g/mol. The topological polar surface area (TPSA) is 130 Å². The monoisotopic (exact) mass is 516 g/mol. The standard InChI is InChI=1S/C20H15ClF2N2O6S2/c21-13-1-4-15(5-2-13)33(30,31)20(16-10-14(22)3-6-17(16)23)12-7-8-24-18(9-12)25-32(28,29)11-19(26)27/h1-10,20H,11H2,(H,24,25)(H,26,27). The predicted molar refractivity (Wildman–Crippen MR) is 116 cm³/mol. The number of sulfonamides is 1. The van der Waals surface area contributed by atoms with Crippen molar-refractivity contribution in [2.24, 2.45) is 0 Å². The molecule has 3 aromatic rings. The van der Waals surface area contributed by atoms with Crippen LogP contribution in [0.15, 0.2) is 65.7 Å². The number of rotatable bonds is 8. The first-order chi connectivity index (χ1) is 15.4. The zero-order valence-corrected chi connectivity index (χ0v) is 18.8. The molecule has 1 aromatic heterocycles. The van der Waals surface area contributed by atoms with E-state index in [1.165, 1.54) is 30.3 Å². The number of nitrogens with zero attached hydrogens (tertiary/aromatic N) is 1. The largest absolute Gasteiger partial charge is 0.480 e. The molecule has 0 fully saturated rings. The van der Waals surface area contributed by atoms with Gasteiger partial charge in [-0.25, -0.2) is 30.6 Å². The summed E-state index contributed by atoms with van der Waals surface area (Å²) in [5.74, 6) is -5.18. The van der Waals surface area contributed by atoms with Crippen LogP contribution in [-0.4, -0.2) is 38.6 Å². The summed E-state index contributed by atoms with van der Waals surface area (Å²) in [5.41, 5.74) is -0.659. The number of benzene rings is 2. The summed E-state index contributed by atoms with van der Waals surface area (Å²) in [6, 6.07) is 9.52. The molecule has 0 spiro atoms. The van der Waals surface area contributed by atoms with Gasteiger partial charge in [-0.1, -0.05) is 11.6 Å². The quantitative estimate of drug-likeness (QED) is 0.469. The molecule has 0 bridgehead atoms. The van der Waals surface area contributed by atoms with Gasteiger partial charge in [-0.2, -0.15) is 0 Å². The minimum absolute atomic E-state index is 0.141. The van der Waals surface area contributed by atoms with Crippen molar-refractivity contribution in [2.45, 2.75) is 10.1 Å². The Bertz CT molecular complexity index is 1410. The second-order valence-corrected chi connectivity index (χ2v) is 11.0. The lowest BCUT2D eigenvalue weighted by Gasteiger charge is -2.20. The second kappa shape index (κ2) is 9.41. The molecule has 0 amide bonds. The Hall–Kier alpha value is -3.09. The zero-order valence-electron chi connectivity index (χ0n) is 16.4. The second-order valence-electron chi connectivity index (χ2n) is 6.77. The van der Waals surface area contributed by atoms with Crippen molar-refractivity contribution >= 4 is 43.2 Å². The van der Waals surface area contributed by atoms with Crippen molar-refractivity contribution < 1.29 is 35.5 Å². The highest BCUT2D eigenvalue weighted by atomic mass is 35.5. The SMILES string of the molecule is O=C(O)CS(=O)(=O)Nc1cc(C(c2cc(F)ccc2F)S(=O)(=O)c2ccc(Cl)cc2)ccn1. The zero-order chi connectivity index (χ0) is 24.4. The number of carbonyl (C=O) groups is 1. The summed E-state index contributed by atoms with van der Waals surface area (Å²) >= 11 is 5.82. The highest BCUT2D eigenvalue weighted by Gasteiger charge is 2.34. The molecule has 1 heterocycles. The van der Waals surface area contributed by atoms with E-state index < -0.39 is 59.8 Å². The fraction of sp³-hybridized carbons (Fsp3) is 0.100. The van der Waals surface area contributed by atoms with Crippen LogP contribution in [0.25, 0.3) is 0 Å². The van der Waals surface area contributed by atoms with Crippen LogP contribution in [0.3, 0.4) is 0 Å². The molecule has 0 saturated heterocycles. The van der Waals surface area contributed by atoms with E-state index in [4.69, 9.17) is 16.7 Å². The smallest absolute Gasteiger partial charge is 0.320 e. The number of aliphatic carboxylic acids is 1. The van der Waals surface area contributed by atoms with Crippen molar-refractivity contribution in [1.82, 2.24) is 4.98 Å². The Balaban J connectivity index is 2.18. The Morgan fingerprint density at radius 1 is 1.03 bits per heavy atom. The van der Waals surface area contributed by atoms with Crippen LogP contribution < -0.4 is 4.72 Å². The van der Waals surface area contributed by atoms with Gasteiger partial charge in [0.1, 0.15) is 22.7 Å². The summed E-state index contributed by atoms with van der Waals surface area (Å²) in [5, 5.41) is 7.18. The maximum absolute atomic E-state index is 14.7. The molecule has 2 aromatic carbocycles. The lowest BCUT2D eigenvalue weighted by atomic mass is 10.0. The molecule has 8 nitrogen and oxygen atoms in total. The van der Waals surface area contributed by atoms with Gasteiger partial charge < -0.3 is 5.11 Å². The van der Waals surface area contributed by atoms with Crippen molar-refractivity contribution in [2.75, 3.05) is 10.5 Å². The summed E-state index contributed by atoms with van der Waals surface area (Å²) in [6.07, 6.45) is 1.05. The van der Waals surface area contributed by atoms with Gasteiger partial charge in [0.2, 0.25) is 10.0 Å². The number of sulfone groups is 1. The van der Waals surface area contributed by atoms with Crippen molar-refractivity contribution in [1.29, 1.82) is 0 Å². The van der Waals surface area contributed by atoms with E-state index in [9.17, 15) is 30.4 Å². The number of hydrogen-bond acceptors (Lipinski definition) is 6. The van der Waals surface area contributed by atoms with E-state index in [1.807, 2.05) is 4.72 Å². The van der Waals surface area contributed by atoms with Crippen LogP contribution in [0, 0.1) is 11.6 Å². The van der Waals surface area contributed by atoms with E-state index in [-0.39, 0.29) is 15.5 Å². The third kappa shape index (κ3) is 5.83. The number of carboxylic acids is 1. The van der Waals surface area contributed by atoms with Gasteiger partial charge in [0, 0.05) is 16.8 Å². The lowest BCUT2D eigenvalue weighted by Crippen LogP contribution is -2.23. The van der Waals surface area contributed by atoms with Crippen LogP contribution in [0.5, 0.6) is 0 Å². The van der Waals surface area contributed by atoms with Gasteiger partial charge in [-0.05, 0) is 60.2 Å². The molecule has 33 heavy (non-hydrogen) atoms. The fourth-order valence-electron chi connectivity index (χ4n) is 3.03. The Labute approximate surface area is 192 Å². The van der Waals surface area contributed by atoms with Gasteiger partial charge in [-0.3, -0.25) is 9.52 Å². The van der Waals surface area contributed by atoms with E-state index in [1.54, 1.807) is 0 Å². The molecule has 174 valence electrons. The van der Waals surface area contributed by atoms with E-state index in [0.29, 0.717) is 0 Å². The number of aromatic nitrogens is 1. The Morgan fingerprint density at radius 3 is 2.33 bits per heavy atom. The van der Waals surface area contributed by atoms with Gasteiger partial charge in [0.15, 0.2) is 15.6 Å². The minimum Gasteiger partial charge on any atom is -0.480 e. The predicted octanol–water partition coefficient (Wildman–Crippen LogP) is 3.40. The molecule has 0 saturated carbocycles. The molecule has 0 aliphatic rings. The molecule has 0 radical (unpaired) electrons. The van der Waals surface area contributed by atoms with Gasteiger partial charge in [-0.15, -0.1) is 0 Å². The lowest BCUT2D eigenvalue weighted by molar-refractivity contribution is -0.134. The first-order valence-electron chi connectivity index (χ1n) is 9.02. The molecule has 2 N–H and O–H groups in total. The summed E-state index contributed by atoms with van der Waals surface area (Å²) in [4.78, 5) is 14.2. The van der Waals surface area contributed by atoms with E-state index >= 15 is 0 Å². The number of nitrogens with one attached hydrogen (secondary N) is 1.